The number of aliphatic hydroxyl groups is 2. The minimum atomic E-state index is -0.258. The van der Waals surface area contributed by atoms with Gasteiger partial charge in [0.2, 0.25) is 0 Å². The van der Waals surface area contributed by atoms with E-state index in [2.05, 4.69) is 0 Å². The lowest BCUT2D eigenvalue weighted by atomic mass is 10.2. The van der Waals surface area contributed by atoms with Crippen molar-refractivity contribution in [3.8, 4) is 0 Å². The van der Waals surface area contributed by atoms with Crippen LogP contribution in [0, 0.1) is 5.92 Å². The number of hydrogen-bond acceptors (Lipinski definition) is 3. The van der Waals surface area contributed by atoms with E-state index in [1.54, 1.807) is 18.7 Å². The Morgan fingerprint density at radius 1 is 1.27 bits per heavy atom. The molecule has 0 rings (SSSR count). The first-order valence-electron chi connectivity index (χ1n) is 3.98. The summed E-state index contributed by atoms with van der Waals surface area (Å²) in [5.74, 6) is 1.25. The van der Waals surface area contributed by atoms with E-state index in [0.717, 1.165) is 5.75 Å². The van der Waals surface area contributed by atoms with Crippen LogP contribution in [0.25, 0.3) is 0 Å². The van der Waals surface area contributed by atoms with E-state index < -0.39 is 0 Å². The van der Waals surface area contributed by atoms with Crippen molar-refractivity contribution in [3.05, 3.63) is 0 Å². The Bertz CT molecular complexity index is 96.1. The molecule has 11 heavy (non-hydrogen) atoms. The first kappa shape index (κ1) is 11.3. The van der Waals surface area contributed by atoms with Crippen molar-refractivity contribution in [2.24, 2.45) is 5.92 Å². The summed E-state index contributed by atoms with van der Waals surface area (Å²) in [4.78, 5) is 0. The van der Waals surface area contributed by atoms with Gasteiger partial charge in [0, 0.05) is 11.9 Å². The molecule has 0 saturated carbocycles. The SMILES string of the molecule is CC(CO)CSC(C)C(C)O. The second kappa shape index (κ2) is 5.86. The fourth-order valence-electron chi connectivity index (χ4n) is 0.508. The first-order chi connectivity index (χ1) is 5.07. The quantitative estimate of drug-likeness (QED) is 0.662. The molecular formula is C8H18O2S. The van der Waals surface area contributed by atoms with E-state index in [9.17, 15) is 0 Å². The van der Waals surface area contributed by atoms with Crippen LogP contribution in [0.2, 0.25) is 0 Å². The highest BCUT2D eigenvalue weighted by Crippen LogP contribution is 2.17. The van der Waals surface area contributed by atoms with Crippen LogP contribution >= 0.6 is 11.8 Å². The van der Waals surface area contributed by atoms with Crippen molar-refractivity contribution in [1.29, 1.82) is 0 Å². The minimum absolute atomic E-state index is 0.236. The van der Waals surface area contributed by atoms with Crippen LogP contribution in [0.5, 0.6) is 0 Å². The predicted octanol–water partition coefficient (Wildman–Crippen LogP) is 1.12. The Kier molecular flexibility index (Phi) is 6.01. The van der Waals surface area contributed by atoms with E-state index >= 15 is 0 Å². The van der Waals surface area contributed by atoms with Gasteiger partial charge in [0.15, 0.2) is 0 Å². The zero-order valence-corrected chi connectivity index (χ0v) is 8.27. The lowest BCUT2D eigenvalue weighted by molar-refractivity contribution is 0.196. The third-order valence-corrected chi connectivity index (χ3v) is 3.32. The largest absolute Gasteiger partial charge is 0.396 e. The normalized spacial score (nSPS) is 19.4. The average molecular weight is 178 g/mol. The van der Waals surface area contributed by atoms with Gasteiger partial charge in [-0.1, -0.05) is 13.8 Å². The summed E-state index contributed by atoms with van der Waals surface area (Å²) in [6.07, 6.45) is -0.258. The molecule has 0 saturated heterocycles. The van der Waals surface area contributed by atoms with Gasteiger partial charge in [-0.15, -0.1) is 0 Å². The highest BCUT2D eigenvalue weighted by Gasteiger charge is 2.10. The third kappa shape index (κ3) is 5.53. The van der Waals surface area contributed by atoms with E-state index in [1.165, 1.54) is 0 Å². The topological polar surface area (TPSA) is 40.5 Å². The Morgan fingerprint density at radius 3 is 2.18 bits per heavy atom. The number of aliphatic hydroxyl groups excluding tert-OH is 2. The number of rotatable bonds is 5. The van der Waals surface area contributed by atoms with Crippen LogP contribution in [0.1, 0.15) is 20.8 Å². The Hall–Kier alpha value is 0.270. The molecule has 0 aromatic rings. The van der Waals surface area contributed by atoms with Gasteiger partial charge in [-0.2, -0.15) is 11.8 Å². The van der Waals surface area contributed by atoms with Gasteiger partial charge in [0.25, 0.3) is 0 Å². The molecule has 0 amide bonds. The molecule has 0 aliphatic rings. The summed E-state index contributed by atoms with van der Waals surface area (Å²) in [5.41, 5.74) is 0. The first-order valence-corrected chi connectivity index (χ1v) is 5.03. The number of thioether (sulfide) groups is 1. The maximum absolute atomic E-state index is 9.12. The van der Waals surface area contributed by atoms with Crippen molar-refractivity contribution in [2.75, 3.05) is 12.4 Å². The van der Waals surface area contributed by atoms with Crippen LogP contribution in [0.15, 0.2) is 0 Å². The fourth-order valence-corrected chi connectivity index (χ4v) is 1.52. The van der Waals surface area contributed by atoms with Gasteiger partial charge >= 0.3 is 0 Å². The van der Waals surface area contributed by atoms with E-state index in [0.29, 0.717) is 5.92 Å². The van der Waals surface area contributed by atoms with E-state index in [-0.39, 0.29) is 18.0 Å². The maximum atomic E-state index is 9.12. The van der Waals surface area contributed by atoms with Gasteiger partial charge in [0.1, 0.15) is 0 Å². The van der Waals surface area contributed by atoms with Crippen LogP contribution in [-0.2, 0) is 0 Å². The van der Waals surface area contributed by atoms with Gasteiger partial charge in [0.05, 0.1) is 6.10 Å². The lowest BCUT2D eigenvalue weighted by Crippen LogP contribution is -2.17. The minimum Gasteiger partial charge on any atom is -0.396 e. The molecule has 0 fully saturated rings. The molecule has 2 N–H and O–H groups in total. The molecule has 3 atom stereocenters. The summed E-state index contributed by atoms with van der Waals surface area (Å²) in [6.45, 7) is 6.03. The summed E-state index contributed by atoms with van der Waals surface area (Å²) in [7, 11) is 0. The van der Waals surface area contributed by atoms with Crippen LogP contribution in [0.3, 0.4) is 0 Å². The van der Waals surface area contributed by atoms with E-state index in [4.69, 9.17) is 10.2 Å². The molecule has 0 spiro atoms. The summed E-state index contributed by atoms with van der Waals surface area (Å²) < 4.78 is 0. The number of hydrogen-bond donors (Lipinski definition) is 2. The second-order valence-electron chi connectivity index (χ2n) is 3.07. The van der Waals surface area contributed by atoms with Gasteiger partial charge in [-0.3, -0.25) is 0 Å². The summed E-state index contributed by atoms with van der Waals surface area (Å²) in [5, 5.41) is 18.1. The van der Waals surface area contributed by atoms with E-state index in [1.807, 2.05) is 13.8 Å². The monoisotopic (exact) mass is 178 g/mol. The standard InChI is InChI=1S/C8H18O2S/c1-6(4-9)5-11-8(3)7(2)10/h6-10H,4-5H2,1-3H3. The Labute approximate surface area is 73.0 Å². The Morgan fingerprint density at radius 2 is 1.82 bits per heavy atom. The molecule has 68 valence electrons. The van der Waals surface area contributed by atoms with Gasteiger partial charge in [-0.05, 0) is 18.6 Å². The fraction of sp³-hybridized carbons (Fsp3) is 1.00. The van der Waals surface area contributed by atoms with Gasteiger partial charge in [-0.25, -0.2) is 0 Å². The van der Waals surface area contributed by atoms with Crippen molar-refractivity contribution < 1.29 is 10.2 Å². The maximum Gasteiger partial charge on any atom is 0.0627 e. The zero-order chi connectivity index (χ0) is 8.85. The highest BCUT2D eigenvalue weighted by molar-refractivity contribution is 7.99. The van der Waals surface area contributed by atoms with Crippen molar-refractivity contribution in [1.82, 2.24) is 0 Å². The Balaban J connectivity index is 3.37. The summed E-state index contributed by atoms with van der Waals surface area (Å²) in [6, 6.07) is 0. The molecule has 0 heterocycles. The zero-order valence-electron chi connectivity index (χ0n) is 7.45. The average Bonchev–Trinajstić information content (AvgIpc) is 1.99. The smallest absolute Gasteiger partial charge is 0.0627 e. The predicted molar refractivity (Wildman–Crippen MR) is 49.9 cm³/mol. The van der Waals surface area contributed by atoms with Crippen LogP contribution in [0.4, 0.5) is 0 Å². The van der Waals surface area contributed by atoms with Crippen molar-refractivity contribution in [3.63, 3.8) is 0 Å². The van der Waals surface area contributed by atoms with Crippen LogP contribution in [-0.4, -0.2) is 33.9 Å². The highest BCUT2D eigenvalue weighted by atomic mass is 32.2. The van der Waals surface area contributed by atoms with Crippen molar-refractivity contribution in [2.45, 2.75) is 32.1 Å². The molecule has 2 nitrogen and oxygen atoms in total. The molecule has 3 heteroatoms. The molecule has 0 aromatic carbocycles. The molecule has 0 radical (unpaired) electrons. The molecular weight excluding hydrogens is 160 g/mol. The van der Waals surface area contributed by atoms with Crippen LogP contribution < -0.4 is 0 Å². The second-order valence-corrected chi connectivity index (χ2v) is 4.48. The molecule has 0 aromatic heterocycles. The van der Waals surface area contributed by atoms with Gasteiger partial charge < -0.3 is 10.2 Å². The molecule has 3 unspecified atom stereocenters. The van der Waals surface area contributed by atoms with Crippen molar-refractivity contribution >= 4 is 11.8 Å². The summed E-state index contributed by atoms with van der Waals surface area (Å²) >= 11 is 1.71. The lowest BCUT2D eigenvalue weighted by Gasteiger charge is -2.15. The molecule has 0 aliphatic heterocycles. The third-order valence-electron chi connectivity index (χ3n) is 1.63. The molecule has 0 bridgehead atoms. The molecule has 0 aliphatic carbocycles.